The summed E-state index contributed by atoms with van der Waals surface area (Å²) < 4.78 is 46.8. The highest BCUT2D eigenvalue weighted by molar-refractivity contribution is 5.67. The van der Waals surface area contributed by atoms with E-state index in [2.05, 4.69) is 33.6 Å². The van der Waals surface area contributed by atoms with E-state index in [1.165, 1.54) is 49.2 Å². The van der Waals surface area contributed by atoms with Crippen molar-refractivity contribution >= 4 is 23.9 Å². The fourth-order valence-electron chi connectivity index (χ4n) is 8.30. The summed E-state index contributed by atoms with van der Waals surface area (Å²) in [4.78, 5) is 101. The summed E-state index contributed by atoms with van der Waals surface area (Å²) in [5.74, 6) is 9.49. The number of ether oxygens (including phenoxy) is 8. The normalized spacial score (nSPS) is 18.9. The van der Waals surface area contributed by atoms with Crippen LogP contribution in [0.4, 0.5) is 0 Å². The third kappa shape index (κ3) is 17.7. The molecule has 4 heterocycles. The average molecular weight is 1020 g/mol. The molecule has 2 aliphatic heterocycles. The largest absolute Gasteiger partial charge is 0.463 e. The monoisotopic (exact) mass is 1020 g/mol. The SMILES string of the molecule is CC(=O)OC[C@H]1O[C@@H](n2cc(C#Cc3cccc(COCCCCCCCCCCOCc4cccc(C#Cc5cn([C@H]6C[C@H](OC(C)=O)[C@@H](COC(C)=O)O6)c(=O)[nH]c5=O)c4)c3)c(=O)[nH]c2=O)C[C@@H]1OC(C)=O. The number of nitrogens with one attached hydrogen (secondary N) is 2. The van der Waals surface area contributed by atoms with Crippen molar-refractivity contribution in [3.63, 3.8) is 0 Å². The summed E-state index contributed by atoms with van der Waals surface area (Å²) in [6.45, 7) is 6.69. The maximum absolute atomic E-state index is 12.8. The second kappa shape index (κ2) is 28.2. The van der Waals surface area contributed by atoms with Crippen molar-refractivity contribution in [2.45, 2.75) is 142 Å². The highest BCUT2D eigenvalue weighted by Gasteiger charge is 2.41. The van der Waals surface area contributed by atoms with Crippen LogP contribution in [0.3, 0.4) is 0 Å². The smallest absolute Gasteiger partial charge is 0.330 e. The van der Waals surface area contributed by atoms with Gasteiger partial charge in [0.25, 0.3) is 11.1 Å². The van der Waals surface area contributed by atoms with Gasteiger partial charge in [-0.3, -0.25) is 47.9 Å². The zero-order valence-electron chi connectivity index (χ0n) is 42.0. The standard InChI is InChI=1S/C54H62N4O16/c1-35(59)69-33-47-45(71-37(3)61)27-49(73-47)57-29-43(51(63)55-53(57)65)21-19-39-15-13-17-41(25-39)31-67-23-11-9-7-5-6-8-10-12-24-68-32-42-18-14-16-40(26-42)20-22-44-30-58(54(66)56-52(44)64)50-28-46(72-38(4)62)48(74-50)34-70-36(2)60/h13-18,25-26,29-30,45-50H,5-12,23-24,27-28,31-34H2,1-4H3,(H,55,63,65)(H,56,64,66)/t45-,46-,47+,48+,49+,50+/m0/s1. The summed E-state index contributed by atoms with van der Waals surface area (Å²) in [5.41, 5.74) is 0.469. The quantitative estimate of drug-likeness (QED) is 0.0446. The van der Waals surface area contributed by atoms with Crippen molar-refractivity contribution < 1.29 is 57.1 Å². The first kappa shape index (κ1) is 55.9. The van der Waals surface area contributed by atoms with Crippen molar-refractivity contribution in [1.82, 2.24) is 19.1 Å². The van der Waals surface area contributed by atoms with Crippen LogP contribution in [-0.2, 0) is 70.3 Å². The Labute approximate surface area is 426 Å². The minimum absolute atomic E-state index is 0.0346. The molecule has 6 rings (SSSR count). The molecule has 0 amide bonds. The number of benzene rings is 2. The van der Waals surface area contributed by atoms with E-state index in [0.717, 1.165) is 62.5 Å². The molecule has 6 atom stereocenters. The molecule has 2 aromatic heterocycles. The Kier molecular flexibility index (Phi) is 21.3. The molecule has 0 spiro atoms. The molecule has 20 nitrogen and oxygen atoms in total. The first-order valence-electron chi connectivity index (χ1n) is 24.6. The number of hydrogen-bond donors (Lipinski definition) is 2. The predicted molar refractivity (Wildman–Crippen MR) is 265 cm³/mol. The Bertz CT molecular complexity index is 2770. The third-order valence-corrected chi connectivity index (χ3v) is 11.9. The summed E-state index contributed by atoms with van der Waals surface area (Å²) in [5, 5.41) is 0. The van der Waals surface area contributed by atoms with Gasteiger partial charge in [0, 0.05) is 77.3 Å². The third-order valence-electron chi connectivity index (χ3n) is 11.9. The van der Waals surface area contributed by atoms with Gasteiger partial charge in [-0.1, -0.05) is 86.5 Å². The van der Waals surface area contributed by atoms with Crippen LogP contribution >= 0.6 is 0 Å². The number of rotatable bonds is 23. The van der Waals surface area contributed by atoms with Gasteiger partial charge in [0.05, 0.1) is 13.2 Å². The van der Waals surface area contributed by atoms with E-state index >= 15 is 0 Å². The highest BCUT2D eigenvalue weighted by Crippen LogP contribution is 2.31. The molecule has 0 bridgehead atoms. The molecule has 0 unspecified atom stereocenters. The number of unbranched alkanes of at least 4 members (excludes halogenated alkanes) is 7. The zero-order chi connectivity index (χ0) is 53.0. The number of carbonyl (C=O) groups excluding carboxylic acids is 4. The summed E-state index contributed by atoms with van der Waals surface area (Å²) in [6.07, 6.45) is 6.40. The van der Waals surface area contributed by atoms with Crippen molar-refractivity contribution in [2.75, 3.05) is 26.4 Å². The fraction of sp³-hybridized carbons (Fsp3) is 0.481. The number of carbonyl (C=O) groups is 4. The molecule has 20 heteroatoms. The second-order valence-corrected chi connectivity index (χ2v) is 17.9. The van der Waals surface area contributed by atoms with Crippen molar-refractivity contribution in [1.29, 1.82) is 0 Å². The molecule has 394 valence electrons. The van der Waals surface area contributed by atoms with E-state index in [9.17, 15) is 38.4 Å². The Balaban J connectivity index is 0.844. The van der Waals surface area contributed by atoms with Gasteiger partial charge in [-0.15, -0.1) is 0 Å². The first-order chi connectivity index (χ1) is 35.6. The van der Waals surface area contributed by atoms with E-state index < -0.39 is 83.2 Å². The topological polar surface area (TPSA) is 252 Å². The number of nitrogens with zero attached hydrogens (tertiary/aromatic N) is 2. The van der Waals surface area contributed by atoms with Crippen LogP contribution in [-0.4, -0.2) is 93.8 Å². The number of esters is 4. The fourth-order valence-corrected chi connectivity index (χ4v) is 8.30. The van der Waals surface area contributed by atoms with Gasteiger partial charge in [-0.2, -0.15) is 0 Å². The molecule has 2 N–H and O–H groups in total. The van der Waals surface area contributed by atoms with E-state index in [1.807, 2.05) is 48.5 Å². The second-order valence-electron chi connectivity index (χ2n) is 17.9. The Morgan fingerprint density at radius 3 is 1.32 bits per heavy atom. The van der Waals surface area contributed by atoms with Crippen LogP contribution in [0.2, 0.25) is 0 Å². The van der Waals surface area contributed by atoms with E-state index in [-0.39, 0.29) is 37.2 Å². The van der Waals surface area contributed by atoms with E-state index in [4.69, 9.17) is 37.9 Å². The van der Waals surface area contributed by atoms with Gasteiger partial charge in [-0.25, -0.2) is 9.59 Å². The number of aromatic amines is 2. The number of H-pyrrole nitrogens is 2. The minimum atomic E-state index is -0.902. The van der Waals surface area contributed by atoms with Gasteiger partial charge >= 0.3 is 35.3 Å². The lowest BCUT2D eigenvalue weighted by atomic mass is 10.1. The minimum Gasteiger partial charge on any atom is -0.463 e. The molecule has 2 aliphatic rings. The van der Waals surface area contributed by atoms with Gasteiger partial charge in [0.2, 0.25) is 0 Å². The number of aromatic nitrogens is 4. The van der Waals surface area contributed by atoms with Crippen molar-refractivity contribution in [2.24, 2.45) is 0 Å². The van der Waals surface area contributed by atoms with Gasteiger partial charge < -0.3 is 37.9 Å². The van der Waals surface area contributed by atoms with Gasteiger partial charge in [-0.05, 0) is 48.2 Å². The average Bonchev–Trinajstić information content (AvgIpc) is 3.94. The summed E-state index contributed by atoms with van der Waals surface area (Å²) in [6, 6.07) is 15.0. The molecular formula is C54H62N4O16. The lowest BCUT2D eigenvalue weighted by molar-refractivity contribution is -0.157. The van der Waals surface area contributed by atoms with Gasteiger partial charge in [0.15, 0.2) is 0 Å². The molecule has 2 saturated heterocycles. The highest BCUT2D eigenvalue weighted by atomic mass is 16.6. The molecule has 0 radical (unpaired) electrons. The van der Waals surface area contributed by atoms with Crippen LogP contribution in [0.5, 0.6) is 0 Å². The van der Waals surface area contributed by atoms with Crippen LogP contribution in [0.1, 0.15) is 138 Å². The molecule has 4 aromatic rings. The van der Waals surface area contributed by atoms with Crippen LogP contribution < -0.4 is 22.5 Å². The van der Waals surface area contributed by atoms with Crippen molar-refractivity contribution in [3.05, 3.63) is 136 Å². The van der Waals surface area contributed by atoms with Crippen LogP contribution in [0.25, 0.3) is 0 Å². The summed E-state index contributed by atoms with van der Waals surface area (Å²) >= 11 is 0. The Morgan fingerprint density at radius 1 is 0.554 bits per heavy atom. The molecule has 0 saturated carbocycles. The zero-order valence-corrected chi connectivity index (χ0v) is 42.0. The van der Waals surface area contributed by atoms with Crippen LogP contribution in [0.15, 0.2) is 80.1 Å². The molecule has 74 heavy (non-hydrogen) atoms. The Hall–Kier alpha value is -7.36. The molecular weight excluding hydrogens is 961 g/mol. The molecule has 2 fully saturated rings. The Morgan fingerprint density at radius 2 is 0.946 bits per heavy atom. The van der Waals surface area contributed by atoms with Crippen LogP contribution in [0, 0.1) is 23.7 Å². The van der Waals surface area contributed by atoms with E-state index in [0.29, 0.717) is 37.6 Å². The van der Waals surface area contributed by atoms with Gasteiger partial charge in [0.1, 0.15) is 61.2 Å². The van der Waals surface area contributed by atoms with E-state index in [1.54, 1.807) is 0 Å². The molecule has 0 aliphatic carbocycles. The van der Waals surface area contributed by atoms with Crippen molar-refractivity contribution in [3.8, 4) is 23.7 Å². The predicted octanol–water partition coefficient (Wildman–Crippen LogP) is 4.61. The lowest BCUT2D eigenvalue weighted by Crippen LogP contribution is -2.34. The molecule has 2 aromatic carbocycles. The maximum Gasteiger partial charge on any atom is 0.330 e. The maximum atomic E-state index is 12.8. The summed E-state index contributed by atoms with van der Waals surface area (Å²) in [7, 11) is 0. The lowest BCUT2D eigenvalue weighted by Gasteiger charge is -2.17. The number of hydrogen-bond acceptors (Lipinski definition) is 16. The first-order valence-corrected chi connectivity index (χ1v) is 24.6.